The lowest BCUT2D eigenvalue weighted by molar-refractivity contribution is -0.113. The number of hydrogen-bond donors (Lipinski definition) is 2. The quantitative estimate of drug-likeness (QED) is 0.605. The van der Waals surface area contributed by atoms with Crippen molar-refractivity contribution in [1.82, 2.24) is 5.32 Å². The Morgan fingerprint density at radius 3 is 2.42 bits per heavy atom. The molecule has 6 nitrogen and oxygen atoms in total. The number of benzene rings is 3. The molecule has 1 heterocycles. The lowest BCUT2D eigenvalue weighted by Gasteiger charge is -2.13. The molecule has 0 saturated carbocycles. The highest BCUT2D eigenvalue weighted by Crippen LogP contribution is 2.33. The zero-order chi connectivity index (χ0) is 21.8. The molecule has 156 valence electrons. The van der Waals surface area contributed by atoms with Gasteiger partial charge in [-0.1, -0.05) is 42.0 Å². The van der Waals surface area contributed by atoms with Gasteiger partial charge in [-0.3, -0.25) is 9.59 Å². The van der Waals surface area contributed by atoms with Crippen LogP contribution < -0.4 is 20.1 Å². The van der Waals surface area contributed by atoms with Gasteiger partial charge in [-0.25, -0.2) is 0 Å². The van der Waals surface area contributed by atoms with E-state index in [4.69, 9.17) is 9.47 Å². The monoisotopic (exact) mass is 414 g/mol. The number of rotatable bonds is 5. The maximum absolute atomic E-state index is 13.0. The van der Waals surface area contributed by atoms with Crippen LogP contribution in [0.2, 0.25) is 0 Å². The van der Waals surface area contributed by atoms with Crippen LogP contribution in [0.4, 0.5) is 5.69 Å². The normalized spacial score (nSPS) is 12.4. The van der Waals surface area contributed by atoms with Crippen molar-refractivity contribution in [3.05, 3.63) is 94.7 Å². The fourth-order valence-electron chi connectivity index (χ4n) is 3.18. The molecule has 1 aliphatic heterocycles. The average Bonchev–Trinajstić information content (AvgIpc) is 3.23. The molecule has 0 radical (unpaired) electrons. The van der Waals surface area contributed by atoms with Gasteiger partial charge in [0.2, 0.25) is 6.79 Å². The SMILES string of the molecule is Cc1ccc(NC(=O)C(=Cc2ccc3c(c2)OCO3)NC(=O)c2ccccc2C)cc1. The van der Waals surface area contributed by atoms with Crippen molar-refractivity contribution in [2.75, 3.05) is 12.1 Å². The van der Waals surface area contributed by atoms with E-state index in [0.29, 0.717) is 28.3 Å². The summed E-state index contributed by atoms with van der Waals surface area (Å²) in [5, 5.41) is 5.60. The highest BCUT2D eigenvalue weighted by molar-refractivity contribution is 6.11. The zero-order valence-electron chi connectivity index (χ0n) is 17.3. The molecule has 0 aliphatic carbocycles. The average molecular weight is 414 g/mol. The number of nitrogens with one attached hydrogen (secondary N) is 2. The summed E-state index contributed by atoms with van der Waals surface area (Å²) < 4.78 is 10.8. The van der Waals surface area contributed by atoms with Crippen LogP contribution in [0.15, 0.2) is 72.4 Å². The largest absolute Gasteiger partial charge is 0.454 e. The topological polar surface area (TPSA) is 76.7 Å². The lowest BCUT2D eigenvalue weighted by atomic mass is 10.1. The molecule has 6 heteroatoms. The van der Waals surface area contributed by atoms with Gasteiger partial charge in [-0.05, 0) is 61.4 Å². The smallest absolute Gasteiger partial charge is 0.272 e. The third kappa shape index (κ3) is 4.75. The Balaban J connectivity index is 1.64. The summed E-state index contributed by atoms with van der Waals surface area (Å²) in [6.07, 6.45) is 1.61. The number of amides is 2. The number of fused-ring (bicyclic) bond motifs is 1. The van der Waals surface area contributed by atoms with E-state index in [2.05, 4.69) is 10.6 Å². The van der Waals surface area contributed by atoms with Crippen molar-refractivity contribution in [2.24, 2.45) is 0 Å². The molecular formula is C25H22N2O4. The zero-order valence-corrected chi connectivity index (χ0v) is 17.3. The van der Waals surface area contributed by atoms with Crippen LogP contribution in [0, 0.1) is 13.8 Å². The first-order valence-electron chi connectivity index (χ1n) is 9.86. The number of anilines is 1. The van der Waals surface area contributed by atoms with Gasteiger partial charge in [0.05, 0.1) is 0 Å². The van der Waals surface area contributed by atoms with Crippen molar-refractivity contribution in [2.45, 2.75) is 13.8 Å². The Morgan fingerprint density at radius 1 is 0.903 bits per heavy atom. The molecule has 0 bridgehead atoms. The minimum atomic E-state index is -0.427. The van der Waals surface area contributed by atoms with Gasteiger partial charge in [0, 0.05) is 11.3 Å². The second-order valence-corrected chi connectivity index (χ2v) is 7.26. The van der Waals surface area contributed by atoms with E-state index in [1.165, 1.54) is 0 Å². The molecule has 0 fully saturated rings. The molecule has 3 aromatic rings. The highest BCUT2D eigenvalue weighted by Gasteiger charge is 2.18. The van der Waals surface area contributed by atoms with Gasteiger partial charge >= 0.3 is 0 Å². The Kier molecular flexibility index (Phi) is 5.71. The number of carbonyl (C=O) groups excluding carboxylic acids is 2. The van der Waals surface area contributed by atoms with Gasteiger partial charge in [-0.15, -0.1) is 0 Å². The summed E-state index contributed by atoms with van der Waals surface area (Å²) in [6.45, 7) is 3.98. The number of hydrogen-bond acceptors (Lipinski definition) is 4. The molecular weight excluding hydrogens is 392 g/mol. The van der Waals surface area contributed by atoms with E-state index >= 15 is 0 Å². The van der Waals surface area contributed by atoms with E-state index < -0.39 is 5.91 Å². The Labute approximate surface area is 180 Å². The number of carbonyl (C=O) groups is 2. The van der Waals surface area contributed by atoms with Gasteiger partial charge in [0.25, 0.3) is 11.8 Å². The molecule has 4 rings (SSSR count). The van der Waals surface area contributed by atoms with Crippen LogP contribution in [-0.2, 0) is 4.79 Å². The van der Waals surface area contributed by atoms with Gasteiger partial charge in [0.15, 0.2) is 11.5 Å². The lowest BCUT2D eigenvalue weighted by Crippen LogP contribution is -2.31. The second-order valence-electron chi connectivity index (χ2n) is 7.26. The standard InChI is InChI=1S/C25H22N2O4/c1-16-7-10-19(11-8-16)26-25(29)21(27-24(28)20-6-4-3-5-17(20)2)13-18-9-12-22-23(14-18)31-15-30-22/h3-14H,15H2,1-2H3,(H,26,29)(H,27,28). The van der Waals surface area contributed by atoms with Crippen LogP contribution in [-0.4, -0.2) is 18.6 Å². The molecule has 0 unspecified atom stereocenters. The second kappa shape index (κ2) is 8.75. The fourth-order valence-corrected chi connectivity index (χ4v) is 3.18. The Hall–Kier alpha value is -4.06. The first kappa shape index (κ1) is 20.2. The third-order valence-corrected chi connectivity index (χ3v) is 4.90. The molecule has 0 saturated heterocycles. The van der Waals surface area contributed by atoms with E-state index in [1.807, 2.05) is 50.2 Å². The predicted molar refractivity (Wildman–Crippen MR) is 119 cm³/mol. The van der Waals surface area contributed by atoms with Crippen molar-refractivity contribution in [3.8, 4) is 11.5 Å². The summed E-state index contributed by atoms with van der Waals surface area (Å²) in [5.41, 5.74) is 3.86. The fraction of sp³-hybridized carbons (Fsp3) is 0.120. The highest BCUT2D eigenvalue weighted by atomic mass is 16.7. The van der Waals surface area contributed by atoms with Gasteiger partial charge < -0.3 is 20.1 Å². The molecule has 2 N–H and O–H groups in total. The predicted octanol–water partition coefficient (Wildman–Crippen LogP) is 4.44. The third-order valence-electron chi connectivity index (χ3n) is 4.90. The summed E-state index contributed by atoms with van der Waals surface area (Å²) in [6, 6.07) is 20.0. The van der Waals surface area contributed by atoms with Crippen molar-refractivity contribution >= 4 is 23.6 Å². The van der Waals surface area contributed by atoms with Crippen molar-refractivity contribution in [3.63, 3.8) is 0 Å². The van der Waals surface area contributed by atoms with Gasteiger partial charge in [-0.2, -0.15) is 0 Å². The molecule has 0 atom stereocenters. The Morgan fingerprint density at radius 2 is 1.65 bits per heavy atom. The molecule has 0 spiro atoms. The van der Waals surface area contributed by atoms with E-state index in [1.54, 1.807) is 36.4 Å². The summed E-state index contributed by atoms with van der Waals surface area (Å²) >= 11 is 0. The number of ether oxygens (including phenoxy) is 2. The molecule has 1 aliphatic rings. The van der Waals surface area contributed by atoms with Crippen molar-refractivity contribution < 1.29 is 19.1 Å². The summed E-state index contributed by atoms with van der Waals surface area (Å²) in [4.78, 5) is 25.9. The van der Waals surface area contributed by atoms with Crippen LogP contribution in [0.1, 0.15) is 27.0 Å². The summed E-state index contributed by atoms with van der Waals surface area (Å²) in [5.74, 6) is 0.455. The van der Waals surface area contributed by atoms with Crippen LogP contribution in [0.5, 0.6) is 11.5 Å². The van der Waals surface area contributed by atoms with E-state index in [0.717, 1.165) is 11.1 Å². The summed E-state index contributed by atoms with van der Waals surface area (Å²) in [7, 11) is 0. The maximum Gasteiger partial charge on any atom is 0.272 e. The molecule has 31 heavy (non-hydrogen) atoms. The molecule has 2 amide bonds. The Bertz CT molecular complexity index is 1170. The van der Waals surface area contributed by atoms with Gasteiger partial charge in [0.1, 0.15) is 5.70 Å². The van der Waals surface area contributed by atoms with E-state index in [9.17, 15) is 9.59 Å². The van der Waals surface area contributed by atoms with E-state index in [-0.39, 0.29) is 18.4 Å². The number of aryl methyl sites for hydroxylation is 2. The minimum absolute atomic E-state index is 0.118. The van der Waals surface area contributed by atoms with Crippen LogP contribution in [0.3, 0.4) is 0 Å². The molecule has 3 aromatic carbocycles. The first-order chi connectivity index (χ1) is 15.0. The van der Waals surface area contributed by atoms with Crippen molar-refractivity contribution in [1.29, 1.82) is 0 Å². The minimum Gasteiger partial charge on any atom is -0.454 e. The van der Waals surface area contributed by atoms with Crippen LogP contribution >= 0.6 is 0 Å². The first-order valence-corrected chi connectivity index (χ1v) is 9.86. The maximum atomic E-state index is 13.0. The molecule has 0 aromatic heterocycles. The van der Waals surface area contributed by atoms with Crippen LogP contribution in [0.25, 0.3) is 6.08 Å².